The lowest BCUT2D eigenvalue weighted by molar-refractivity contribution is -0.153. The lowest BCUT2D eigenvalue weighted by Crippen LogP contribution is -2.24. The first-order chi connectivity index (χ1) is 33.0. The maximum atomic E-state index is 13.2. The topological polar surface area (TPSA) is 122 Å². The predicted octanol–water partition coefficient (Wildman–Crippen LogP) is 16.1. The number of rotatable bonds is 43. The Morgan fingerprint density at radius 1 is 0.515 bits per heavy atom. The number of Topliss-reactive ketones (excluding diaryl/α,β-unsaturated/α-hetero) is 2. The predicted molar refractivity (Wildman–Crippen MR) is 277 cm³/mol. The molecule has 9 nitrogen and oxygen atoms in total. The molecule has 68 heavy (non-hydrogen) atoms. The van der Waals surface area contributed by atoms with Gasteiger partial charge < -0.3 is 18.9 Å². The molecule has 9 heteroatoms. The Morgan fingerprint density at radius 2 is 0.985 bits per heavy atom. The van der Waals surface area contributed by atoms with Crippen molar-refractivity contribution in [2.75, 3.05) is 19.8 Å². The van der Waals surface area contributed by atoms with Crippen LogP contribution in [0.15, 0.2) is 12.3 Å². The summed E-state index contributed by atoms with van der Waals surface area (Å²) in [6.45, 7) is 13.9. The Morgan fingerprint density at radius 3 is 1.51 bits per heavy atom. The first-order valence-corrected chi connectivity index (χ1v) is 28.9. The maximum Gasteiger partial charge on any atom is 0.306 e. The lowest BCUT2D eigenvalue weighted by Gasteiger charge is -2.20. The molecule has 394 valence electrons. The minimum Gasteiger partial charge on any atom is -0.499 e. The van der Waals surface area contributed by atoms with Crippen LogP contribution in [0, 0.1) is 29.6 Å². The lowest BCUT2D eigenvalue weighted by atomic mass is 9.86. The van der Waals surface area contributed by atoms with Gasteiger partial charge in [-0.1, -0.05) is 195 Å². The van der Waals surface area contributed by atoms with E-state index in [1.807, 2.05) is 6.92 Å². The van der Waals surface area contributed by atoms with Crippen LogP contribution in [0.3, 0.4) is 0 Å². The Kier molecular flexibility index (Phi) is 37.0. The number of ketones is 2. The molecule has 0 amide bonds. The van der Waals surface area contributed by atoms with E-state index in [1.54, 1.807) is 0 Å². The van der Waals surface area contributed by atoms with E-state index in [4.69, 9.17) is 18.9 Å². The number of hydrogen-bond donors (Lipinski definition) is 0. The van der Waals surface area contributed by atoms with Gasteiger partial charge in [0, 0.05) is 50.9 Å². The number of unbranched alkanes of at least 4 members (excludes halogenated alkanes) is 18. The van der Waals surface area contributed by atoms with Crippen LogP contribution in [0.4, 0.5) is 0 Å². The normalized spacial score (nSPS) is 18.6. The first-order valence-electron chi connectivity index (χ1n) is 28.9. The molecule has 0 radical (unpaired) electrons. The van der Waals surface area contributed by atoms with E-state index >= 15 is 0 Å². The Hall–Kier alpha value is -2.71. The smallest absolute Gasteiger partial charge is 0.306 e. The first kappa shape index (κ1) is 61.4. The van der Waals surface area contributed by atoms with Crippen molar-refractivity contribution < 1.29 is 42.9 Å². The highest BCUT2D eigenvalue weighted by Crippen LogP contribution is 2.36. The average Bonchev–Trinajstić information content (AvgIpc) is 3.67. The van der Waals surface area contributed by atoms with Gasteiger partial charge in [-0.3, -0.25) is 24.0 Å². The molecule has 0 bridgehead atoms. The van der Waals surface area contributed by atoms with Gasteiger partial charge in [-0.05, 0) is 68.6 Å². The van der Waals surface area contributed by atoms with Gasteiger partial charge >= 0.3 is 17.9 Å². The van der Waals surface area contributed by atoms with Gasteiger partial charge in [0.2, 0.25) is 0 Å². The van der Waals surface area contributed by atoms with Gasteiger partial charge in [-0.2, -0.15) is 0 Å². The molecule has 0 aromatic carbocycles. The highest BCUT2D eigenvalue weighted by molar-refractivity contribution is 5.81. The molecule has 2 saturated carbocycles. The molecular formula is C59H104O9. The standard InChI is InChI=1S/C59H104O9/c1-6-9-11-12-25-31-40-67-58(63)46-52(43-54(60)8-3)42-49(5)65-38-30-26-20-18-16-14-13-15-17-19-21-27-32-39-66-57(62)44-51(33-10-7-2)45-59(64)68-56-47-53(41-48(56)4)55(61)37-36-50-34-28-23-22-24-29-35-50/h48,50-53,56H,5-47H2,1-4H3/t48-,51?,52?,53?,56-/m0/s1. The molecule has 0 N–H and O–H groups in total. The van der Waals surface area contributed by atoms with Crippen molar-refractivity contribution in [1.82, 2.24) is 0 Å². The van der Waals surface area contributed by atoms with E-state index in [-0.39, 0.29) is 72.7 Å². The monoisotopic (exact) mass is 957 g/mol. The summed E-state index contributed by atoms with van der Waals surface area (Å²) in [5.41, 5.74) is 0. The fourth-order valence-electron chi connectivity index (χ4n) is 10.5. The van der Waals surface area contributed by atoms with Gasteiger partial charge in [0.1, 0.15) is 17.7 Å². The van der Waals surface area contributed by atoms with Crippen LogP contribution in [-0.2, 0) is 42.9 Å². The number of hydrogen-bond acceptors (Lipinski definition) is 9. The van der Waals surface area contributed by atoms with E-state index in [0.29, 0.717) is 69.4 Å². The van der Waals surface area contributed by atoms with Crippen LogP contribution in [0.1, 0.15) is 278 Å². The minimum absolute atomic E-state index is 0.00375. The van der Waals surface area contributed by atoms with Crippen LogP contribution in [0.2, 0.25) is 0 Å². The largest absolute Gasteiger partial charge is 0.499 e. The van der Waals surface area contributed by atoms with Crippen molar-refractivity contribution in [2.45, 2.75) is 284 Å². The number of esters is 3. The van der Waals surface area contributed by atoms with Crippen LogP contribution < -0.4 is 0 Å². The minimum atomic E-state index is -0.237. The van der Waals surface area contributed by atoms with Gasteiger partial charge in [0.15, 0.2) is 0 Å². The second-order valence-corrected chi connectivity index (χ2v) is 21.4. The molecule has 0 heterocycles. The highest BCUT2D eigenvalue weighted by atomic mass is 16.5. The summed E-state index contributed by atoms with van der Waals surface area (Å²) in [6.07, 6.45) is 39.1. The summed E-state index contributed by atoms with van der Waals surface area (Å²) < 4.78 is 23.0. The van der Waals surface area contributed by atoms with Gasteiger partial charge in [-0.15, -0.1) is 0 Å². The fourth-order valence-corrected chi connectivity index (χ4v) is 10.5. The van der Waals surface area contributed by atoms with E-state index in [1.165, 1.54) is 122 Å². The molecule has 0 aliphatic heterocycles. The van der Waals surface area contributed by atoms with Crippen molar-refractivity contribution in [2.24, 2.45) is 29.6 Å². The molecule has 2 rings (SSSR count). The van der Waals surface area contributed by atoms with Crippen molar-refractivity contribution in [3.05, 3.63) is 12.3 Å². The molecule has 2 aliphatic carbocycles. The van der Waals surface area contributed by atoms with Crippen molar-refractivity contribution in [3.63, 3.8) is 0 Å². The highest BCUT2D eigenvalue weighted by Gasteiger charge is 2.38. The van der Waals surface area contributed by atoms with E-state index in [0.717, 1.165) is 77.0 Å². The van der Waals surface area contributed by atoms with E-state index in [2.05, 4.69) is 27.4 Å². The number of allylic oxidation sites excluding steroid dienone is 1. The van der Waals surface area contributed by atoms with Gasteiger partial charge in [-0.25, -0.2) is 0 Å². The fraction of sp³-hybridized carbons (Fsp3) is 0.881. The van der Waals surface area contributed by atoms with Crippen molar-refractivity contribution in [1.29, 1.82) is 0 Å². The Bertz CT molecular complexity index is 1340. The molecule has 0 saturated heterocycles. The molecule has 2 fully saturated rings. The number of carbonyl (C=O) groups excluding carboxylic acids is 5. The van der Waals surface area contributed by atoms with Crippen LogP contribution >= 0.6 is 0 Å². The summed E-state index contributed by atoms with van der Waals surface area (Å²) >= 11 is 0. The molecule has 0 aromatic rings. The third-order valence-electron chi connectivity index (χ3n) is 14.9. The molecule has 2 aliphatic rings. The number of ether oxygens (including phenoxy) is 4. The third kappa shape index (κ3) is 32.2. The zero-order chi connectivity index (χ0) is 49.5. The zero-order valence-electron chi connectivity index (χ0n) is 44.5. The third-order valence-corrected chi connectivity index (χ3v) is 14.9. The van der Waals surface area contributed by atoms with E-state index in [9.17, 15) is 24.0 Å². The van der Waals surface area contributed by atoms with Crippen molar-refractivity contribution >= 4 is 29.5 Å². The molecule has 5 atom stereocenters. The molecule has 0 aromatic heterocycles. The second kappa shape index (κ2) is 41.0. The maximum absolute atomic E-state index is 13.2. The van der Waals surface area contributed by atoms with Gasteiger partial charge in [0.05, 0.1) is 25.6 Å². The van der Waals surface area contributed by atoms with Crippen LogP contribution in [0.25, 0.3) is 0 Å². The summed E-state index contributed by atoms with van der Waals surface area (Å²) in [7, 11) is 0. The zero-order valence-corrected chi connectivity index (χ0v) is 44.5. The van der Waals surface area contributed by atoms with E-state index < -0.39 is 0 Å². The quantitative estimate of drug-likeness (QED) is 0.0254. The molecule has 0 spiro atoms. The average molecular weight is 957 g/mol. The number of carbonyl (C=O) groups is 5. The van der Waals surface area contributed by atoms with Crippen molar-refractivity contribution in [3.8, 4) is 0 Å². The summed E-state index contributed by atoms with van der Waals surface area (Å²) in [5, 5.41) is 0. The summed E-state index contributed by atoms with van der Waals surface area (Å²) in [6, 6.07) is 0. The van der Waals surface area contributed by atoms with Gasteiger partial charge in [0.25, 0.3) is 0 Å². The van der Waals surface area contributed by atoms with Crippen LogP contribution in [0.5, 0.6) is 0 Å². The summed E-state index contributed by atoms with van der Waals surface area (Å²) in [5.74, 6) is 1.19. The molecular weight excluding hydrogens is 853 g/mol. The Labute approximate surface area is 416 Å². The summed E-state index contributed by atoms with van der Waals surface area (Å²) in [4.78, 5) is 63.8. The van der Waals surface area contributed by atoms with Crippen LogP contribution in [-0.4, -0.2) is 55.4 Å². The Balaban J connectivity index is 1.46. The molecule has 3 unspecified atom stereocenters. The SMILES string of the molecule is C=C(CC(CC(=O)CC)CC(=O)OCCCCCCCC)OCCCCCCCCCCCCCCCOC(=O)CC(CCCC)CC(=O)O[C@H]1CC(C(=O)CCC2CCCCCCC2)C[C@@H]1C. The second-order valence-electron chi connectivity index (χ2n) is 21.4.